The molecule has 0 amide bonds. The normalized spacial score (nSPS) is 13.6. The molecule has 0 aliphatic rings. The van der Waals surface area contributed by atoms with E-state index in [1.165, 1.54) is 0 Å². The van der Waals surface area contributed by atoms with Crippen molar-refractivity contribution < 1.29 is 13.5 Å². The Morgan fingerprint density at radius 3 is 2.62 bits per heavy atom. The molecule has 0 aromatic heterocycles. The van der Waals surface area contributed by atoms with Crippen molar-refractivity contribution in [2.24, 2.45) is 5.14 Å². The van der Waals surface area contributed by atoms with Crippen molar-refractivity contribution in [1.29, 1.82) is 0 Å². The smallest absolute Gasteiger partial charge is 0.210 e. The number of rotatable bonds is 5. The number of nitrogens with one attached hydrogen (secondary N) is 1. The Balaban J connectivity index is 2.54. The van der Waals surface area contributed by atoms with Crippen molar-refractivity contribution in [2.75, 3.05) is 12.3 Å². The van der Waals surface area contributed by atoms with E-state index in [1.54, 1.807) is 18.2 Å². The molecule has 1 aromatic rings. The molecule has 0 aliphatic carbocycles. The standard InChI is InChI=1S/C10H16N2O3S/c1-8(12-6-7-16(11,14)15)9-4-2-3-5-10(9)13/h2-5,8,12-13H,6-7H2,1H3,(H2,11,14,15). The number of hydrogen-bond acceptors (Lipinski definition) is 4. The third-order valence-electron chi connectivity index (χ3n) is 2.24. The first kappa shape index (κ1) is 13.0. The molecule has 6 heteroatoms. The van der Waals surface area contributed by atoms with Gasteiger partial charge in [-0.15, -0.1) is 0 Å². The van der Waals surface area contributed by atoms with Crippen molar-refractivity contribution in [3.63, 3.8) is 0 Å². The highest BCUT2D eigenvalue weighted by Crippen LogP contribution is 2.22. The first-order valence-corrected chi connectivity index (χ1v) is 6.63. The van der Waals surface area contributed by atoms with Gasteiger partial charge in [0.15, 0.2) is 0 Å². The fraction of sp³-hybridized carbons (Fsp3) is 0.400. The maximum Gasteiger partial charge on any atom is 0.210 e. The van der Waals surface area contributed by atoms with Crippen molar-refractivity contribution in [3.05, 3.63) is 29.8 Å². The van der Waals surface area contributed by atoms with Crippen molar-refractivity contribution in [3.8, 4) is 5.75 Å². The lowest BCUT2D eigenvalue weighted by Gasteiger charge is -2.14. The summed E-state index contributed by atoms with van der Waals surface area (Å²) >= 11 is 0. The third-order valence-corrected chi connectivity index (χ3v) is 3.01. The molecule has 0 spiro atoms. The molecular weight excluding hydrogens is 228 g/mol. The number of aromatic hydroxyl groups is 1. The maximum absolute atomic E-state index is 10.7. The maximum atomic E-state index is 10.7. The van der Waals surface area contributed by atoms with E-state index in [1.807, 2.05) is 13.0 Å². The topological polar surface area (TPSA) is 92.4 Å². The quantitative estimate of drug-likeness (QED) is 0.696. The van der Waals surface area contributed by atoms with Crippen LogP contribution in [-0.4, -0.2) is 25.8 Å². The Kier molecular flexibility index (Phi) is 4.28. The number of phenols is 1. The van der Waals surface area contributed by atoms with Gasteiger partial charge >= 0.3 is 0 Å². The minimum atomic E-state index is -3.44. The van der Waals surface area contributed by atoms with Gasteiger partial charge in [0.1, 0.15) is 5.75 Å². The van der Waals surface area contributed by atoms with E-state index in [-0.39, 0.29) is 24.1 Å². The monoisotopic (exact) mass is 244 g/mol. The average molecular weight is 244 g/mol. The molecule has 4 N–H and O–H groups in total. The lowest BCUT2D eigenvalue weighted by Crippen LogP contribution is -2.28. The van der Waals surface area contributed by atoms with Crippen molar-refractivity contribution >= 4 is 10.0 Å². The minimum Gasteiger partial charge on any atom is -0.508 e. The van der Waals surface area contributed by atoms with Crippen LogP contribution in [0, 0.1) is 0 Å². The molecule has 0 bridgehead atoms. The van der Waals surface area contributed by atoms with Gasteiger partial charge in [-0.1, -0.05) is 18.2 Å². The summed E-state index contributed by atoms with van der Waals surface area (Å²) in [5.74, 6) is 0.0726. The zero-order valence-corrected chi connectivity index (χ0v) is 9.87. The van der Waals surface area contributed by atoms with Crippen LogP contribution in [0.3, 0.4) is 0 Å². The Labute approximate surface area is 95.3 Å². The minimum absolute atomic E-state index is 0.120. The van der Waals surface area contributed by atoms with Crippen molar-refractivity contribution in [2.45, 2.75) is 13.0 Å². The lowest BCUT2D eigenvalue weighted by atomic mass is 10.1. The van der Waals surface area contributed by atoms with Crippen LogP contribution in [-0.2, 0) is 10.0 Å². The number of phenolic OH excluding ortho intramolecular Hbond substituents is 1. The van der Waals surface area contributed by atoms with Crippen molar-refractivity contribution in [1.82, 2.24) is 5.32 Å². The van der Waals surface area contributed by atoms with Crippen LogP contribution in [0.5, 0.6) is 5.75 Å². The number of benzene rings is 1. The van der Waals surface area contributed by atoms with Gasteiger partial charge in [0.05, 0.1) is 5.75 Å². The van der Waals surface area contributed by atoms with Gasteiger partial charge in [-0.3, -0.25) is 0 Å². The molecule has 0 saturated heterocycles. The molecule has 1 unspecified atom stereocenters. The van der Waals surface area contributed by atoms with Gasteiger partial charge in [0.25, 0.3) is 0 Å². The summed E-state index contributed by atoms with van der Waals surface area (Å²) in [6, 6.07) is 6.79. The number of sulfonamides is 1. The van der Waals surface area contributed by atoms with Gasteiger partial charge in [0.2, 0.25) is 10.0 Å². The fourth-order valence-electron chi connectivity index (χ4n) is 1.38. The first-order chi connectivity index (χ1) is 7.40. The predicted octanol–water partition coefficient (Wildman–Crippen LogP) is 0.331. The molecule has 0 radical (unpaired) electrons. The largest absolute Gasteiger partial charge is 0.508 e. The van der Waals surface area contributed by atoms with Crippen LogP contribution in [0.1, 0.15) is 18.5 Å². The molecule has 0 saturated carbocycles. The van der Waals surface area contributed by atoms with Gasteiger partial charge in [-0.25, -0.2) is 13.6 Å². The Hall–Kier alpha value is -1.11. The lowest BCUT2D eigenvalue weighted by molar-refractivity contribution is 0.454. The average Bonchev–Trinajstić information content (AvgIpc) is 2.16. The van der Waals surface area contributed by atoms with E-state index in [2.05, 4.69) is 5.32 Å². The van der Waals surface area contributed by atoms with Crippen LogP contribution in [0.15, 0.2) is 24.3 Å². The summed E-state index contributed by atoms with van der Waals surface area (Å²) in [4.78, 5) is 0. The van der Waals surface area contributed by atoms with E-state index in [9.17, 15) is 13.5 Å². The van der Waals surface area contributed by atoms with E-state index in [0.717, 1.165) is 5.56 Å². The number of primary sulfonamides is 1. The highest BCUT2D eigenvalue weighted by atomic mass is 32.2. The van der Waals surface area contributed by atoms with E-state index in [4.69, 9.17) is 5.14 Å². The molecule has 16 heavy (non-hydrogen) atoms. The Morgan fingerprint density at radius 2 is 2.06 bits per heavy atom. The van der Waals surface area contributed by atoms with E-state index >= 15 is 0 Å². The fourth-order valence-corrected chi connectivity index (χ4v) is 1.78. The molecule has 90 valence electrons. The molecule has 0 fully saturated rings. The zero-order chi connectivity index (χ0) is 12.2. The first-order valence-electron chi connectivity index (χ1n) is 4.92. The van der Waals surface area contributed by atoms with Gasteiger partial charge in [0, 0.05) is 18.2 Å². The number of para-hydroxylation sites is 1. The molecule has 0 aliphatic heterocycles. The van der Waals surface area contributed by atoms with E-state index < -0.39 is 10.0 Å². The Bertz CT molecular complexity index is 445. The molecular formula is C10H16N2O3S. The highest BCUT2D eigenvalue weighted by Gasteiger charge is 2.10. The molecule has 5 nitrogen and oxygen atoms in total. The SMILES string of the molecule is CC(NCCS(N)(=O)=O)c1ccccc1O. The summed E-state index contributed by atoms with van der Waals surface area (Å²) in [5.41, 5.74) is 0.733. The summed E-state index contributed by atoms with van der Waals surface area (Å²) in [5, 5.41) is 17.4. The summed E-state index contributed by atoms with van der Waals surface area (Å²) in [6.07, 6.45) is 0. The Morgan fingerprint density at radius 1 is 1.44 bits per heavy atom. The predicted molar refractivity (Wildman–Crippen MR) is 62.5 cm³/mol. The summed E-state index contributed by atoms with van der Waals surface area (Å²) in [6.45, 7) is 2.10. The summed E-state index contributed by atoms with van der Waals surface area (Å²) in [7, 11) is -3.44. The van der Waals surface area contributed by atoms with Crippen LogP contribution in [0.25, 0.3) is 0 Å². The molecule has 1 rings (SSSR count). The number of hydrogen-bond donors (Lipinski definition) is 3. The van der Waals surface area contributed by atoms with Gasteiger partial charge < -0.3 is 10.4 Å². The van der Waals surface area contributed by atoms with E-state index in [0.29, 0.717) is 0 Å². The zero-order valence-electron chi connectivity index (χ0n) is 9.05. The molecule has 1 atom stereocenters. The van der Waals surface area contributed by atoms with Crippen LogP contribution < -0.4 is 10.5 Å². The second-order valence-corrected chi connectivity index (χ2v) is 5.34. The van der Waals surface area contributed by atoms with Gasteiger partial charge in [-0.05, 0) is 13.0 Å². The van der Waals surface area contributed by atoms with Crippen LogP contribution >= 0.6 is 0 Å². The van der Waals surface area contributed by atoms with Gasteiger partial charge in [-0.2, -0.15) is 0 Å². The third kappa shape index (κ3) is 4.18. The highest BCUT2D eigenvalue weighted by molar-refractivity contribution is 7.89. The van der Waals surface area contributed by atoms with Crippen LogP contribution in [0.4, 0.5) is 0 Å². The second-order valence-electron chi connectivity index (χ2n) is 3.60. The van der Waals surface area contributed by atoms with Crippen LogP contribution in [0.2, 0.25) is 0 Å². The number of nitrogens with two attached hydrogens (primary N) is 1. The second kappa shape index (κ2) is 5.29. The molecule has 1 aromatic carbocycles. The summed E-state index contributed by atoms with van der Waals surface area (Å²) < 4.78 is 21.4. The molecule has 0 heterocycles.